The van der Waals surface area contributed by atoms with Crippen molar-refractivity contribution < 1.29 is 0 Å². The van der Waals surface area contributed by atoms with Crippen molar-refractivity contribution in [1.82, 2.24) is 15.1 Å². The van der Waals surface area contributed by atoms with Gasteiger partial charge in [-0.3, -0.25) is 9.80 Å². The minimum absolute atomic E-state index is 0.731. The van der Waals surface area contributed by atoms with Gasteiger partial charge in [0.2, 0.25) is 0 Å². The quantitative estimate of drug-likeness (QED) is 0.705. The van der Waals surface area contributed by atoms with Crippen LogP contribution in [0.3, 0.4) is 0 Å². The molecule has 0 aromatic heterocycles. The Morgan fingerprint density at radius 3 is 2.43 bits per heavy atom. The van der Waals surface area contributed by atoms with Crippen LogP contribution in [-0.2, 0) is 0 Å². The lowest BCUT2D eigenvalue weighted by Crippen LogP contribution is -2.60. The van der Waals surface area contributed by atoms with E-state index in [1.807, 2.05) is 0 Å². The van der Waals surface area contributed by atoms with E-state index in [1.165, 1.54) is 32.6 Å². The maximum Gasteiger partial charge on any atom is 0.0351 e. The Morgan fingerprint density at radius 1 is 1.21 bits per heavy atom. The maximum atomic E-state index is 3.38. The van der Waals surface area contributed by atoms with Crippen molar-refractivity contribution in [2.75, 3.05) is 33.2 Å². The van der Waals surface area contributed by atoms with Gasteiger partial charge in [-0.25, -0.2) is 0 Å². The molecule has 0 radical (unpaired) electrons. The molecule has 2 fully saturated rings. The zero-order chi connectivity index (χ0) is 10.1. The maximum absolute atomic E-state index is 3.38. The Morgan fingerprint density at radius 2 is 1.93 bits per heavy atom. The highest BCUT2D eigenvalue weighted by atomic mass is 15.3. The fourth-order valence-corrected chi connectivity index (χ4v) is 2.50. The molecule has 2 heterocycles. The average molecular weight is 197 g/mol. The second kappa shape index (κ2) is 4.17. The van der Waals surface area contributed by atoms with Gasteiger partial charge < -0.3 is 5.32 Å². The van der Waals surface area contributed by atoms with Crippen LogP contribution in [0.25, 0.3) is 0 Å². The molecule has 0 saturated carbocycles. The first-order valence-electron chi connectivity index (χ1n) is 5.86. The summed E-state index contributed by atoms with van der Waals surface area (Å²) in [5, 5.41) is 3.38. The fourth-order valence-electron chi connectivity index (χ4n) is 2.50. The van der Waals surface area contributed by atoms with Gasteiger partial charge in [0.05, 0.1) is 0 Å². The summed E-state index contributed by atoms with van der Waals surface area (Å²) < 4.78 is 0. The minimum atomic E-state index is 0.731. The predicted octanol–water partition coefficient (Wildman–Crippen LogP) is 0.373. The molecule has 0 aromatic carbocycles. The highest BCUT2D eigenvalue weighted by molar-refractivity contribution is 4.94. The van der Waals surface area contributed by atoms with Crippen LogP contribution in [0.1, 0.15) is 20.3 Å². The highest BCUT2D eigenvalue weighted by Crippen LogP contribution is 2.21. The van der Waals surface area contributed by atoms with Gasteiger partial charge >= 0.3 is 0 Å². The van der Waals surface area contributed by atoms with Gasteiger partial charge in [0.15, 0.2) is 0 Å². The molecule has 1 atom stereocenters. The summed E-state index contributed by atoms with van der Waals surface area (Å²) in [6.45, 7) is 9.70. The van der Waals surface area contributed by atoms with Crippen LogP contribution >= 0.6 is 0 Å². The van der Waals surface area contributed by atoms with Crippen molar-refractivity contribution in [3.63, 3.8) is 0 Å². The number of hydrogen-bond donors (Lipinski definition) is 1. The summed E-state index contributed by atoms with van der Waals surface area (Å²) in [6.07, 6.45) is 1.33. The number of hydrogen-bond acceptors (Lipinski definition) is 3. The Hall–Kier alpha value is -0.120. The van der Waals surface area contributed by atoms with Gasteiger partial charge in [-0.1, -0.05) is 0 Å². The molecule has 0 aliphatic carbocycles. The van der Waals surface area contributed by atoms with Crippen LogP contribution in [0, 0.1) is 0 Å². The van der Waals surface area contributed by atoms with Crippen LogP contribution < -0.4 is 5.32 Å². The van der Waals surface area contributed by atoms with Gasteiger partial charge in [-0.2, -0.15) is 0 Å². The Kier molecular flexibility index (Phi) is 3.10. The topological polar surface area (TPSA) is 18.5 Å². The molecule has 3 nitrogen and oxygen atoms in total. The minimum Gasteiger partial charge on any atom is -0.316 e. The molecule has 0 amide bonds. The van der Waals surface area contributed by atoms with Crippen LogP contribution in [-0.4, -0.2) is 61.2 Å². The summed E-state index contributed by atoms with van der Waals surface area (Å²) in [4.78, 5) is 5.21. The summed E-state index contributed by atoms with van der Waals surface area (Å²) in [7, 11) is 2.08. The molecule has 82 valence electrons. The van der Waals surface area contributed by atoms with E-state index in [4.69, 9.17) is 0 Å². The zero-order valence-electron chi connectivity index (χ0n) is 9.66. The Balaban J connectivity index is 1.73. The molecule has 14 heavy (non-hydrogen) atoms. The Bertz CT molecular complexity index is 187. The monoisotopic (exact) mass is 197 g/mol. The SMILES string of the molecule is CNC1CCN(C2CN(C(C)C)C2)C1. The van der Waals surface area contributed by atoms with Gasteiger partial charge in [0.1, 0.15) is 0 Å². The molecular weight excluding hydrogens is 174 g/mol. The normalized spacial score (nSPS) is 31.3. The molecule has 2 saturated heterocycles. The number of nitrogens with zero attached hydrogens (tertiary/aromatic N) is 2. The lowest BCUT2D eigenvalue weighted by molar-refractivity contribution is 0.0250. The van der Waals surface area contributed by atoms with E-state index in [9.17, 15) is 0 Å². The van der Waals surface area contributed by atoms with Gasteiger partial charge in [0.25, 0.3) is 0 Å². The van der Waals surface area contributed by atoms with Gasteiger partial charge in [0, 0.05) is 44.3 Å². The average Bonchev–Trinajstić information content (AvgIpc) is 2.49. The molecule has 0 bridgehead atoms. The molecule has 2 aliphatic rings. The van der Waals surface area contributed by atoms with Gasteiger partial charge in [-0.15, -0.1) is 0 Å². The largest absolute Gasteiger partial charge is 0.316 e. The van der Waals surface area contributed by atoms with Crippen LogP contribution in [0.15, 0.2) is 0 Å². The fraction of sp³-hybridized carbons (Fsp3) is 1.00. The second-order valence-corrected chi connectivity index (χ2v) is 4.97. The van der Waals surface area contributed by atoms with Crippen molar-refractivity contribution in [1.29, 1.82) is 0 Å². The third kappa shape index (κ3) is 1.95. The van der Waals surface area contributed by atoms with E-state index in [0.29, 0.717) is 0 Å². The predicted molar refractivity (Wildman–Crippen MR) is 59.5 cm³/mol. The molecule has 2 rings (SSSR count). The first-order chi connectivity index (χ1) is 6.70. The second-order valence-electron chi connectivity index (χ2n) is 4.97. The smallest absolute Gasteiger partial charge is 0.0351 e. The van der Waals surface area contributed by atoms with E-state index < -0.39 is 0 Å². The zero-order valence-corrected chi connectivity index (χ0v) is 9.66. The molecule has 1 N–H and O–H groups in total. The van der Waals surface area contributed by atoms with E-state index in [-0.39, 0.29) is 0 Å². The molecule has 3 heteroatoms. The molecular formula is C11H23N3. The third-order valence-corrected chi connectivity index (χ3v) is 3.77. The van der Waals surface area contributed by atoms with Gasteiger partial charge in [-0.05, 0) is 27.3 Å². The van der Waals surface area contributed by atoms with E-state index in [0.717, 1.165) is 18.1 Å². The van der Waals surface area contributed by atoms with Crippen molar-refractivity contribution >= 4 is 0 Å². The summed E-state index contributed by atoms with van der Waals surface area (Å²) in [5.74, 6) is 0. The van der Waals surface area contributed by atoms with Crippen LogP contribution in [0.2, 0.25) is 0 Å². The molecule has 0 aromatic rings. The lowest BCUT2D eigenvalue weighted by atomic mass is 10.1. The third-order valence-electron chi connectivity index (χ3n) is 3.77. The lowest BCUT2D eigenvalue weighted by Gasteiger charge is -2.46. The first kappa shape index (κ1) is 10.4. The van der Waals surface area contributed by atoms with E-state index >= 15 is 0 Å². The van der Waals surface area contributed by atoms with E-state index in [2.05, 4.69) is 36.0 Å². The van der Waals surface area contributed by atoms with Crippen molar-refractivity contribution in [2.45, 2.75) is 38.4 Å². The summed E-state index contributed by atoms with van der Waals surface area (Å²) >= 11 is 0. The number of likely N-dealkylation sites (tertiary alicyclic amines) is 2. The standard InChI is InChI=1S/C11H23N3/c1-9(2)14-7-11(8-14)13-5-4-10(6-13)12-3/h9-12H,4-8H2,1-3H3. The van der Waals surface area contributed by atoms with Crippen molar-refractivity contribution in [3.8, 4) is 0 Å². The highest BCUT2D eigenvalue weighted by Gasteiger charge is 2.36. The number of likely N-dealkylation sites (N-methyl/N-ethyl adjacent to an activating group) is 1. The van der Waals surface area contributed by atoms with Crippen molar-refractivity contribution in [3.05, 3.63) is 0 Å². The number of nitrogens with one attached hydrogen (secondary N) is 1. The van der Waals surface area contributed by atoms with Crippen molar-refractivity contribution in [2.24, 2.45) is 0 Å². The first-order valence-corrected chi connectivity index (χ1v) is 5.86. The molecule has 1 unspecified atom stereocenters. The molecule has 0 spiro atoms. The number of rotatable bonds is 3. The molecule has 2 aliphatic heterocycles. The van der Waals surface area contributed by atoms with Crippen LogP contribution in [0.4, 0.5) is 0 Å². The van der Waals surface area contributed by atoms with Crippen LogP contribution in [0.5, 0.6) is 0 Å². The summed E-state index contributed by atoms with van der Waals surface area (Å²) in [5.41, 5.74) is 0. The summed E-state index contributed by atoms with van der Waals surface area (Å²) in [6, 6.07) is 2.31. The Labute approximate surface area is 87.4 Å². The van der Waals surface area contributed by atoms with E-state index in [1.54, 1.807) is 0 Å².